The molecule has 1 aromatic heterocycles. The molecule has 3 heterocycles. The van der Waals surface area contributed by atoms with Gasteiger partial charge in [0.2, 0.25) is 5.95 Å². The summed E-state index contributed by atoms with van der Waals surface area (Å²) in [4.78, 5) is 5.70. The molecule has 0 radical (unpaired) electrons. The van der Waals surface area contributed by atoms with Crippen LogP contribution in [-0.2, 0) is 0 Å². The lowest BCUT2D eigenvalue weighted by atomic mass is 9.84. The van der Waals surface area contributed by atoms with Gasteiger partial charge in [-0.15, -0.1) is 11.8 Å². The van der Waals surface area contributed by atoms with Gasteiger partial charge in [-0.2, -0.15) is 10.1 Å². The average Bonchev–Trinajstić information content (AvgIpc) is 3.31. The highest BCUT2D eigenvalue weighted by Gasteiger charge is 2.41. The average molecular weight is 473 g/mol. The van der Waals surface area contributed by atoms with Crippen molar-refractivity contribution in [1.29, 1.82) is 0 Å². The van der Waals surface area contributed by atoms with Crippen LogP contribution in [-0.4, -0.2) is 21.0 Å². The first-order valence-electron chi connectivity index (χ1n) is 10.7. The third kappa shape index (κ3) is 3.41. The van der Waals surface area contributed by atoms with Crippen LogP contribution in [0.4, 0.5) is 5.95 Å². The normalized spacial score (nSPS) is 18.6. The van der Waals surface area contributed by atoms with Crippen molar-refractivity contribution < 1.29 is 4.74 Å². The molecule has 0 bridgehead atoms. The standard InChI is InChI=1S/C26H21ClN4OS/c1-15-3-5-16(6-4-15)24-22-23(30-26-28-14-29-31(24)26)20-13-18(27)9-12-21(20)32-25(22)17-7-10-19(33-2)11-8-17/h3-14,24-25H,1-2H3,(H,28,29,30)/t24-,25-/m0/s1. The molecule has 2 atom stereocenters. The second-order valence-electron chi connectivity index (χ2n) is 8.21. The fourth-order valence-corrected chi connectivity index (χ4v) is 5.15. The van der Waals surface area contributed by atoms with Gasteiger partial charge in [-0.25, -0.2) is 4.68 Å². The zero-order valence-corrected chi connectivity index (χ0v) is 19.7. The van der Waals surface area contributed by atoms with Crippen molar-refractivity contribution in [1.82, 2.24) is 14.8 Å². The van der Waals surface area contributed by atoms with Crippen LogP contribution in [0.2, 0.25) is 5.02 Å². The van der Waals surface area contributed by atoms with Crippen LogP contribution in [0, 0.1) is 6.92 Å². The predicted octanol–water partition coefficient (Wildman–Crippen LogP) is 6.52. The molecule has 1 N–H and O–H groups in total. The Kier molecular flexibility index (Phi) is 4.93. The van der Waals surface area contributed by atoms with E-state index in [9.17, 15) is 0 Å². The molecule has 164 valence electrons. The number of hydrogen-bond donors (Lipinski definition) is 1. The number of hydrogen-bond acceptors (Lipinski definition) is 5. The molecule has 4 aromatic rings. The first-order valence-corrected chi connectivity index (χ1v) is 12.3. The van der Waals surface area contributed by atoms with Crippen LogP contribution in [0.15, 0.2) is 83.5 Å². The van der Waals surface area contributed by atoms with E-state index in [0.29, 0.717) is 11.0 Å². The summed E-state index contributed by atoms with van der Waals surface area (Å²) in [6.45, 7) is 2.09. The molecule has 2 aliphatic heterocycles. The first kappa shape index (κ1) is 20.4. The van der Waals surface area contributed by atoms with Crippen molar-refractivity contribution >= 4 is 35.0 Å². The summed E-state index contributed by atoms with van der Waals surface area (Å²) in [5.41, 5.74) is 6.42. The molecule has 0 saturated carbocycles. The highest BCUT2D eigenvalue weighted by atomic mass is 35.5. The van der Waals surface area contributed by atoms with Gasteiger partial charge in [0.15, 0.2) is 0 Å². The highest BCUT2D eigenvalue weighted by molar-refractivity contribution is 7.98. The van der Waals surface area contributed by atoms with E-state index < -0.39 is 0 Å². The Bertz CT molecular complexity index is 1380. The lowest BCUT2D eigenvalue weighted by molar-refractivity contribution is 0.223. The number of anilines is 1. The van der Waals surface area contributed by atoms with Crippen molar-refractivity contribution in [2.45, 2.75) is 24.0 Å². The minimum atomic E-state index is -0.291. The van der Waals surface area contributed by atoms with Crippen LogP contribution < -0.4 is 10.1 Å². The van der Waals surface area contributed by atoms with Crippen molar-refractivity contribution in [3.63, 3.8) is 0 Å². The number of thioether (sulfide) groups is 1. The van der Waals surface area contributed by atoms with E-state index in [1.807, 2.05) is 22.9 Å². The zero-order valence-electron chi connectivity index (χ0n) is 18.1. The van der Waals surface area contributed by atoms with Gasteiger partial charge in [-0.05, 0) is 54.6 Å². The monoisotopic (exact) mass is 472 g/mol. The highest BCUT2D eigenvalue weighted by Crippen LogP contribution is 2.51. The summed E-state index contributed by atoms with van der Waals surface area (Å²) >= 11 is 8.13. The van der Waals surface area contributed by atoms with Gasteiger partial charge in [0.05, 0.1) is 5.70 Å². The predicted molar refractivity (Wildman–Crippen MR) is 133 cm³/mol. The third-order valence-corrected chi connectivity index (χ3v) is 7.17. The van der Waals surface area contributed by atoms with Gasteiger partial charge in [0.25, 0.3) is 0 Å². The number of aromatic nitrogens is 3. The maximum Gasteiger partial charge on any atom is 0.226 e. The van der Waals surface area contributed by atoms with E-state index in [0.717, 1.165) is 33.7 Å². The minimum absolute atomic E-state index is 0.170. The molecule has 3 aromatic carbocycles. The summed E-state index contributed by atoms with van der Waals surface area (Å²) in [6.07, 6.45) is 3.38. The second kappa shape index (κ2) is 7.97. The summed E-state index contributed by atoms with van der Waals surface area (Å²) < 4.78 is 8.59. The summed E-state index contributed by atoms with van der Waals surface area (Å²) in [5.74, 6) is 1.49. The number of fused-ring (bicyclic) bond motifs is 3. The summed E-state index contributed by atoms with van der Waals surface area (Å²) in [5, 5.41) is 8.76. The molecule has 0 amide bonds. The van der Waals surface area contributed by atoms with Gasteiger partial charge in [-0.1, -0.05) is 53.6 Å². The molecule has 0 spiro atoms. The molecule has 7 heteroatoms. The summed E-state index contributed by atoms with van der Waals surface area (Å²) in [7, 11) is 0. The second-order valence-corrected chi connectivity index (χ2v) is 9.52. The van der Waals surface area contributed by atoms with E-state index >= 15 is 0 Å². The summed E-state index contributed by atoms with van der Waals surface area (Å²) in [6, 6.07) is 22.7. The van der Waals surface area contributed by atoms with Crippen molar-refractivity contribution in [3.05, 3.63) is 106 Å². The number of ether oxygens (including phenoxy) is 1. The van der Waals surface area contributed by atoms with Gasteiger partial charge in [-0.3, -0.25) is 0 Å². The van der Waals surface area contributed by atoms with Crippen LogP contribution in [0.3, 0.4) is 0 Å². The van der Waals surface area contributed by atoms with Crippen LogP contribution in [0.5, 0.6) is 5.75 Å². The molecule has 6 rings (SSSR count). The van der Waals surface area contributed by atoms with E-state index in [2.05, 4.69) is 77.1 Å². The Morgan fingerprint density at radius 3 is 2.52 bits per heavy atom. The Labute approximate surface area is 201 Å². The van der Waals surface area contributed by atoms with E-state index in [-0.39, 0.29) is 12.1 Å². The number of benzene rings is 3. The third-order valence-electron chi connectivity index (χ3n) is 6.19. The van der Waals surface area contributed by atoms with E-state index in [1.165, 1.54) is 10.5 Å². The molecule has 33 heavy (non-hydrogen) atoms. The van der Waals surface area contributed by atoms with Crippen molar-refractivity contribution in [3.8, 4) is 5.75 Å². The molecule has 2 aliphatic rings. The molecule has 0 unspecified atom stereocenters. The largest absolute Gasteiger partial charge is 0.480 e. The Morgan fingerprint density at radius 1 is 1.00 bits per heavy atom. The van der Waals surface area contributed by atoms with Gasteiger partial charge in [0, 0.05) is 21.1 Å². The topological polar surface area (TPSA) is 52.0 Å². The molecule has 5 nitrogen and oxygen atoms in total. The smallest absolute Gasteiger partial charge is 0.226 e. The Balaban J connectivity index is 1.61. The SMILES string of the molecule is CSc1ccc([C@@H]2Oc3ccc(Cl)cc3C3=C2[C@H](c2ccc(C)cc2)n2ncnc2N3)cc1. The maximum atomic E-state index is 6.66. The van der Waals surface area contributed by atoms with E-state index in [1.54, 1.807) is 18.1 Å². The van der Waals surface area contributed by atoms with Crippen LogP contribution in [0.25, 0.3) is 5.70 Å². The zero-order chi connectivity index (χ0) is 22.5. The fourth-order valence-electron chi connectivity index (χ4n) is 4.56. The first-order chi connectivity index (χ1) is 16.1. The molecular weight excluding hydrogens is 452 g/mol. The lowest BCUT2D eigenvalue weighted by Crippen LogP contribution is -2.32. The number of halogens is 1. The van der Waals surface area contributed by atoms with Gasteiger partial charge >= 0.3 is 0 Å². The van der Waals surface area contributed by atoms with Crippen LogP contribution in [0.1, 0.15) is 34.4 Å². The van der Waals surface area contributed by atoms with Gasteiger partial charge in [0.1, 0.15) is 24.2 Å². The maximum absolute atomic E-state index is 6.66. The molecule has 0 aliphatic carbocycles. The van der Waals surface area contributed by atoms with Crippen molar-refractivity contribution in [2.75, 3.05) is 11.6 Å². The molecule has 0 saturated heterocycles. The minimum Gasteiger partial charge on any atom is -0.480 e. The lowest BCUT2D eigenvalue weighted by Gasteiger charge is -2.39. The number of nitrogens with zero attached hydrogens (tertiary/aromatic N) is 3. The van der Waals surface area contributed by atoms with E-state index in [4.69, 9.17) is 16.3 Å². The van der Waals surface area contributed by atoms with Crippen molar-refractivity contribution in [2.24, 2.45) is 0 Å². The number of aryl methyl sites for hydroxylation is 1. The quantitative estimate of drug-likeness (QED) is 0.344. The van der Waals surface area contributed by atoms with Gasteiger partial charge < -0.3 is 10.1 Å². The molecule has 0 fully saturated rings. The Morgan fingerprint density at radius 2 is 1.76 bits per heavy atom. The molecular formula is C26H21ClN4OS. The van der Waals surface area contributed by atoms with Crippen LogP contribution >= 0.6 is 23.4 Å². The number of nitrogens with one attached hydrogen (secondary N) is 1. The number of rotatable bonds is 3. The fraction of sp³-hybridized carbons (Fsp3) is 0.154. The Hall–Kier alpha value is -3.22.